The predicted molar refractivity (Wildman–Crippen MR) is 132 cm³/mol. The highest BCUT2D eigenvalue weighted by Crippen LogP contribution is 2.53. The lowest BCUT2D eigenvalue weighted by Crippen LogP contribution is -2.52. The van der Waals surface area contributed by atoms with Crippen molar-refractivity contribution in [3.63, 3.8) is 0 Å². The van der Waals surface area contributed by atoms with Crippen molar-refractivity contribution in [1.82, 2.24) is 9.21 Å². The molecule has 0 bridgehead atoms. The lowest BCUT2D eigenvalue weighted by atomic mass is 9.82. The predicted octanol–water partition coefficient (Wildman–Crippen LogP) is 1.53. The minimum absolute atomic E-state index is 0.0150. The molecular formula is C25H27N3O7S. The average molecular weight is 514 g/mol. The van der Waals surface area contributed by atoms with Gasteiger partial charge in [-0.15, -0.1) is 0 Å². The van der Waals surface area contributed by atoms with Crippen LogP contribution in [-0.4, -0.2) is 81.2 Å². The van der Waals surface area contributed by atoms with Crippen LogP contribution in [-0.2, 0) is 34.7 Å². The van der Waals surface area contributed by atoms with Gasteiger partial charge >= 0.3 is 0 Å². The van der Waals surface area contributed by atoms with Gasteiger partial charge in [-0.3, -0.25) is 14.4 Å². The number of likely N-dealkylation sites (N-methyl/N-ethyl adjacent to an activating group) is 1. The summed E-state index contributed by atoms with van der Waals surface area (Å²) >= 11 is 0. The Morgan fingerprint density at radius 1 is 1.06 bits per heavy atom. The van der Waals surface area contributed by atoms with Crippen LogP contribution in [0.2, 0.25) is 0 Å². The van der Waals surface area contributed by atoms with Crippen molar-refractivity contribution in [2.24, 2.45) is 0 Å². The summed E-state index contributed by atoms with van der Waals surface area (Å²) in [7, 11) is 0.504. The minimum atomic E-state index is -3.73. The van der Waals surface area contributed by atoms with Gasteiger partial charge < -0.3 is 19.6 Å². The van der Waals surface area contributed by atoms with Gasteiger partial charge in [0.15, 0.2) is 5.54 Å². The molecule has 0 radical (unpaired) electrons. The third-order valence-electron chi connectivity index (χ3n) is 6.55. The van der Waals surface area contributed by atoms with Gasteiger partial charge in [0.1, 0.15) is 5.76 Å². The van der Waals surface area contributed by atoms with E-state index >= 15 is 0 Å². The Balaban J connectivity index is 1.99. The van der Waals surface area contributed by atoms with Gasteiger partial charge in [-0.05, 0) is 37.3 Å². The second kappa shape index (κ2) is 9.16. The van der Waals surface area contributed by atoms with Gasteiger partial charge in [0.25, 0.3) is 17.6 Å². The molecule has 2 aliphatic rings. The van der Waals surface area contributed by atoms with E-state index in [0.717, 1.165) is 9.21 Å². The zero-order valence-corrected chi connectivity index (χ0v) is 21.2. The van der Waals surface area contributed by atoms with Gasteiger partial charge in [-0.2, -0.15) is 0 Å². The summed E-state index contributed by atoms with van der Waals surface area (Å²) in [4.78, 5) is 43.3. The van der Waals surface area contributed by atoms with Crippen LogP contribution in [0.4, 0.5) is 5.69 Å². The number of Topliss-reactive ketones (excluding diaryl/α,β-unsaturated/α-hetero) is 1. The number of carbonyl (C=O) groups excluding carboxylic acids is 3. The van der Waals surface area contributed by atoms with Crippen molar-refractivity contribution >= 4 is 39.1 Å². The van der Waals surface area contributed by atoms with Gasteiger partial charge in [0, 0.05) is 45.4 Å². The molecule has 2 aliphatic heterocycles. The summed E-state index contributed by atoms with van der Waals surface area (Å²) in [6.45, 7) is 2.06. The number of para-hydroxylation sites is 1. The second-order valence-electron chi connectivity index (χ2n) is 8.59. The molecule has 0 saturated carbocycles. The van der Waals surface area contributed by atoms with E-state index in [1.165, 1.54) is 50.4 Å². The highest BCUT2D eigenvalue weighted by molar-refractivity contribution is 7.89. The number of hydrogen-bond acceptors (Lipinski definition) is 7. The molecular weight excluding hydrogens is 486 g/mol. The van der Waals surface area contributed by atoms with Crippen LogP contribution in [0.3, 0.4) is 0 Å². The number of fused-ring (bicyclic) bond motifs is 2. The maximum absolute atomic E-state index is 14.0. The maximum atomic E-state index is 14.0. The SMILES string of the molecule is CCN1C(=O)[C@@]2(C(=C(O)c3ccc(S(=O)(=O)N(C)C)cc3)C(=O)C(=O)N2CCOC)c2ccccc21. The zero-order valence-electron chi connectivity index (χ0n) is 20.4. The molecule has 36 heavy (non-hydrogen) atoms. The molecule has 190 valence electrons. The summed E-state index contributed by atoms with van der Waals surface area (Å²) in [5.41, 5.74) is -1.21. The third kappa shape index (κ3) is 3.46. The minimum Gasteiger partial charge on any atom is -0.507 e. The summed E-state index contributed by atoms with van der Waals surface area (Å²) in [5, 5.41) is 11.4. The summed E-state index contributed by atoms with van der Waals surface area (Å²) in [6.07, 6.45) is 0. The summed E-state index contributed by atoms with van der Waals surface area (Å²) in [5.74, 6) is -3.03. The number of sulfonamides is 1. The maximum Gasteiger partial charge on any atom is 0.296 e. The first-order valence-corrected chi connectivity index (χ1v) is 12.7. The molecule has 1 spiro atoms. The Labute approximate surface area is 209 Å². The van der Waals surface area contributed by atoms with Crippen molar-refractivity contribution in [2.45, 2.75) is 17.4 Å². The van der Waals surface area contributed by atoms with Gasteiger partial charge in [0.2, 0.25) is 10.0 Å². The highest BCUT2D eigenvalue weighted by Gasteiger charge is 2.66. The number of anilines is 1. The Bertz CT molecular complexity index is 1380. The molecule has 1 saturated heterocycles. The average Bonchev–Trinajstić information content (AvgIpc) is 3.24. The Kier molecular flexibility index (Phi) is 6.50. The van der Waals surface area contributed by atoms with Crippen molar-refractivity contribution < 1.29 is 32.6 Å². The second-order valence-corrected chi connectivity index (χ2v) is 10.7. The number of rotatable bonds is 7. The number of hydrogen-bond donors (Lipinski definition) is 1. The molecule has 0 unspecified atom stereocenters. The molecule has 4 rings (SSSR count). The fourth-order valence-electron chi connectivity index (χ4n) is 4.80. The van der Waals surface area contributed by atoms with E-state index in [1.807, 2.05) is 0 Å². The molecule has 2 heterocycles. The first-order chi connectivity index (χ1) is 17.0. The monoisotopic (exact) mass is 513 g/mol. The first kappa shape index (κ1) is 25.5. The smallest absolute Gasteiger partial charge is 0.296 e. The van der Waals surface area contributed by atoms with E-state index in [2.05, 4.69) is 0 Å². The summed E-state index contributed by atoms with van der Waals surface area (Å²) in [6, 6.07) is 12.1. The van der Waals surface area contributed by atoms with Crippen LogP contribution in [0, 0.1) is 0 Å². The van der Waals surface area contributed by atoms with Crippen LogP contribution in [0.1, 0.15) is 18.1 Å². The van der Waals surface area contributed by atoms with Crippen LogP contribution >= 0.6 is 0 Å². The largest absolute Gasteiger partial charge is 0.507 e. The van der Waals surface area contributed by atoms with E-state index in [4.69, 9.17) is 4.74 Å². The number of nitrogens with zero attached hydrogens (tertiary/aromatic N) is 3. The molecule has 2 aromatic rings. The first-order valence-electron chi connectivity index (χ1n) is 11.3. The topological polar surface area (TPSA) is 125 Å². The van der Waals surface area contributed by atoms with Crippen LogP contribution in [0.15, 0.2) is 59.0 Å². The van der Waals surface area contributed by atoms with Crippen LogP contribution in [0.5, 0.6) is 0 Å². The number of carbonyl (C=O) groups is 3. The number of likely N-dealkylation sites (tertiary alicyclic amines) is 1. The van der Waals surface area contributed by atoms with E-state index in [9.17, 15) is 27.9 Å². The van der Waals surface area contributed by atoms with Gasteiger partial charge in [0.05, 0.1) is 22.8 Å². The number of benzene rings is 2. The fourth-order valence-corrected chi connectivity index (χ4v) is 5.70. The van der Waals surface area contributed by atoms with Crippen molar-refractivity contribution in [3.8, 4) is 0 Å². The third-order valence-corrected chi connectivity index (χ3v) is 8.38. The number of amides is 2. The molecule has 2 amide bonds. The highest BCUT2D eigenvalue weighted by atomic mass is 32.2. The normalized spacial score (nSPS) is 21.2. The van der Waals surface area contributed by atoms with Crippen molar-refractivity contribution in [2.75, 3.05) is 45.8 Å². The number of aliphatic hydroxyl groups is 1. The molecule has 1 N–H and O–H groups in total. The van der Waals surface area contributed by atoms with Crippen molar-refractivity contribution in [3.05, 3.63) is 65.2 Å². The number of ether oxygens (including phenoxy) is 1. The van der Waals surface area contributed by atoms with Gasteiger partial charge in [-0.1, -0.05) is 18.2 Å². The van der Waals surface area contributed by atoms with Crippen LogP contribution < -0.4 is 4.90 Å². The van der Waals surface area contributed by atoms with Crippen molar-refractivity contribution in [1.29, 1.82) is 0 Å². The number of aliphatic hydroxyl groups excluding tert-OH is 1. The molecule has 1 atom stereocenters. The van der Waals surface area contributed by atoms with E-state index < -0.39 is 38.9 Å². The zero-order chi connectivity index (χ0) is 26.4. The molecule has 10 nitrogen and oxygen atoms in total. The summed E-state index contributed by atoms with van der Waals surface area (Å²) < 4.78 is 31.1. The van der Waals surface area contributed by atoms with E-state index in [1.54, 1.807) is 31.2 Å². The Hall–Kier alpha value is -3.54. The molecule has 0 aliphatic carbocycles. The van der Waals surface area contributed by atoms with E-state index in [0.29, 0.717) is 11.3 Å². The molecule has 0 aromatic heterocycles. The fraction of sp³-hybridized carbons (Fsp3) is 0.320. The number of ketones is 1. The quantitative estimate of drug-likeness (QED) is 0.338. The molecule has 11 heteroatoms. The van der Waals surface area contributed by atoms with Gasteiger partial charge in [-0.25, -0.2) is 12.7 Å². The standard InChI is InChI=1S/C25H27N3O7S/c1-5-27-19-9-7-6-8-18(19)25(24(27)32)20(22(30)23(31)28(25)14-15-35-4)21(29)16-10-12-17(13-11-16)36(33,34)26(2)3/h6-13,29H,5,14-15H2,1-4H3/t25-/m0/s1. The Morgan fingerprint density at radius 2 is 1.69 bits per heavy atom. The Morgan fingerprint density at radius 3 is 2.28 bits per heavy atom. The number of methoxy groups -OCH3 is 1. The van der Waals surface area contributed by atoms with Crippen LogP contribution in [0.25, 0.3) is 5.76 Å². The lowest BCUT2D eigenvalue weighted by Gasteiger charge is -2.34. The molecule has 1 fully saturated rings. The molecule has 2 aromatic carbocycles. The lowest BCUT2D eigenvalue weighted by molar-refractivity contribution is -0.144. The van der Waals surface area contributed by atoms with E-state index in [-0.39, 0.29) is 35.7 Å².